The van der Waals surface area contributed by atoms with Crippen molar-refractivity contribution in [1.82, 2.24) is 15.5 Å². The Morgan fingerprint density at radius 2 is 1.71 bits per heavy atom. The molecular formula is C21H21ClN4O2. The van der Waals surface area contributed by atoms with Crippen molar-refractivity contribution >= 4 is 23.5 Å². The third kappa shape index (κ3) is 4.17. The fourth-order valence-corrected chi connectivity index (χ4v) is 3.43. The molecule has 1 aliphatic heterocycles. The van der Waals surface area contributed by atoms with Crippen LogP contribution in [0.3, 0.4) is 0 Å². The second-order valence-corrected chi connectivity index (χ2v) is 7.23. The zero-order valence-electron chi connectivity index (χ0n) is 15.3. The Hall–Kier alpha value is -2.86. The molecule has 2 aromatic carbocycles. The molecule has 1 saturated heterocycles. The number of halogens is 1. The second-order valence-electron chi connectivity index (χ2n) is 6.79. The van der Waals surface area contributed by atoms with Crippen LogP contribution >= 0.6 is 11.6 Å². The van der Waals surface area contributed by atoms with E-state index in [9.17, 15) is 4.79 Å². The zero-order valence-corrected chi connectivity index (χ0v) is 16.1. The SMILES string of the molecule is O=C(NC(c1ccccc1)c1nnc(N2CCCCC2)o1)c1ccc(Cl)cc1. The van der Waals surface area contributed by atoms with Crippen LogP contribution in [0, 0.1) is 0 Å². The van der Waals surface area contributed by atoms with Crippen LogP contribution in [-0.2, 0) is 0 Å². The predicted molar refractivity (Wildman–Crippen MR) is 108 cm³/mol. The molecule has 3 aromatic rings. The quantitative estimate of drug-likeness (QED) is 0.698. The topological polar surface area (TPSA) is 71.3 Å². The molecule has 2 heterocycles. The van der Waals surface area contributed by atoms with E-state index in [1.165, 1.54) is 6.42 Å². The lowest BCUT2D eigenvalue weighted by Gasteiger charge is -2.24. The molecule has 0 radical (unpaired) electrons. The van der Waals surface area contributed by atoms with Gasteiger partial charge in [0.1, 0.15) is 6.04 Å². The molecule has 1 aliphatic rings. The van der Waals surface area contributed by atoms with E-state index in [0.717, 1.165) is 31.5 Å². The number of hydrogen-bond acceptors (Lipinski definition) is 5. The van der Waals surface area contributed by atoms with E-state index >= 15 is 0 Å². The molecule has 7 heteroatoms. The number of nitrogens with zero attached hydrogens (tertiary/aromatic N) is 3. The summed E-state index contributed by atoms with van der Waals surface area (Å²) in [6.45, 7) is 1.82. The number of amides is 1. The maximum Gasteiger partial charge on any atom is 0.318 e. The van der Waals surface area contributed by atoms with Crippen molar-refractivity contribution in [2.45, 2.75) is 25.3 Å². The predicted octanol–water partition coefficient (Wildman–Crippen LogP) is 4.23. The third-order valence-electron chi connectivity index (χ3n) is 4.82. The first-order valence-electron chi connectivity index (χ1n) is 9.40. The first-order valence-corrected chi connectivity index (χ1v) is 9.78. The van der Waals surface area contributed by atoms with Gasteiger partial charge in [-0.3, -0.25) is 4.79 Å². The number of hydrogen-bond donors (Lipinski definition) is 1. The van der Waals surface area contributed by atoms with Crippen LogP contribution in [0.2, 0.25) is 5.02 Å². The molecule has 0 aliphatic carbocycles. The number of carbonyl (C=O) groups is 1. The van der Waals surface area contributed by atoms with Crippen LogP contribution in [0.15, 0.2) is 59.0 Å². The van der Waals surface area contributed by atoms with E-state index in [1.807, 2.05) is 30.3 Å². The Morgan fingerprint density at radius 3 is 2.43 bits per heavy atom. The molecule has 144 valence electrons. The van der Waals surface area contributed by atoms with Gasteiger partial charge in [-0.05, 0) is 49.1 Å². The Kier molecular flexibility index (Phi) is 5.58. The summed E-state index contributed by atoms with van der Waals surface area (Å²) < 4.78 is 5.96. The van der Waals surface area contributed by atoms with Crippen molar-refractivity contribution < 1.29 is 9.21 Å². The third-order valence-corrected chi connectivity index (χ3v) is 5.07. The Labute approximate surface area is 168 Å². The van der Waals surface area contributed by atoms with Crippen LogP contribution in [-0.4, -0.2) is 29.2 Å². The molecular weight excluding hydrogens is 376 g/mol. The Morgan fingerprint density at radius 1 is 1.00 bits per heavy atom. The molecule has 4 rings (SSSR count). The molecule has 1 N–H and O–H groups in total. The van der Waals surface area contributed by atoms with Crippen molar-refractivity contribution in [3.8, 4) is 0 Å². The molecule has 0 saturated carbocycles. The Balaban J connectivity index is 1.60. The minimum atomic E-state index is -0.532. The molecule has 1 amide bonds. The minimum Gasteiger partial charge on any atom is -0.405 e. The fourth-order valence-electron chi connectivity index (χ4n) is 3.30. The highest BCUT2D eigenvalue weighted by molar-refractivity contribution is 6.30. The smallest absolute Gasteiger partial charge is 0.318 e. The highest BCUT2D eigenvalue weighted by Gasteiger charge is 2.25. The van der Waals surface area contributed by atoms with Crippen LogP contribution in [0.1, 0.15) is 47.1 Å². The number of piperidine rings is 1. The van der Waals surface area contributed by atoms with Gasteiger partial charge < -0.3 is 14.6 Å². The number of rotatable bonds is 5. The summed E-state index contributed by atoms with van der Waals surface area (Å²) in [5, 5.41) is 12.0. The van der Waals surface area contributed by atoms with Gasteiger partial charge in [-0.25, -0.2) is 0 Å². The van der Waals surface area contributed by atoms with E-state index in [1.54, 1.807) is 24.3 Å². The summed E-state index contributed by atoms with van der Waals surface area (Å²) in [4.78, 5) is 14.9. The maximum atomic E-state index is 12.8. The lowest BCUT2D eigenvalue weighted by molar-refractivity contribution is 0.0938. The zero-order chi connectivity index (χ0) is 19.3. The molecule has 0 bridgehead atoms. The monoisotopic (exact) mass is 396 g/mol. The Bertz CT molecular complexity index is 921. The van der Waals surface area contributed by atoms with E-state index in [4.69, 9.17) is 16.0 Å². The van der Waals surface area contributed by atoms with E-state index in [2.05, 4.69) is 20.4 Å². The first kappa shape index (κ1) is 18.5. The molecule has 1 aromatic heterocycles. The average molecular weight is 397 g/mol. The average Bonchev–Trinajstić information content (AvgIpc) is 3.23. The summed E-state index contributed by atoms with van der Waals surface area (Å²) >= 11 is 5.92. The number of benzene rings is 2. The minimum absolute atomic E-state index is 0.233. The van der Waals surface area contributed by atoms with Crippen molar-refractivity contribution in [2.75, 3.05) is 18.0 Å². The molecule has 1 unspecified atom stereocenters. The molecule has 6 nitrogen and oxygen atoms in total. The van der Waals surface area contributed by atoms with Gasteiger partial charge in [-0.15, -0.1) is 5.10 Å². The van der Waals surface area contributed by atoms with Crippen LogP contribution in [0.4, 0.5) is 6.01 Å². The van der Waals surface area contributed by atoms with E-state index in [-0.39, 0.29) is 5.91 Å². The van der Waals surface area contributed by atoms with Gasteiger partial charge in [0.2, 0.25) is 5.89 Å². The van der Waals surface area contributed by atoms with Gasteiger partial charge in [0.05, 0.1) is 0 Å². The van der Waals surface area contributed by atoms with Crippen molar-refractivity contribution in [3.05, 3.63) is 76.6 Å². The van der Waals surface area contributed by atoms with Gasteiger partial charge in [0.15, 0.2) is 0 Å². The van der Waals surface area contributed by atoms with E-state index in [0.29, 0.717) is 22.5 Å². The summed E-state index contributed by atoms with van der Waals surface area (Å²) in [5.74, 6) is 0.136. The van der Waals surface area contributed by atoms with Gasteiger partial charge in [0.25, 0.3) is 5.91 Å². The lowest BCUT2D eigenvalue weighted by atomic mass is 10.1. The number of nitrogens with one attached hydrogen (secondary N) is 1. The van der Waals surface area contributed by atoms with Crippen LogP contribution in [0.25, 0.3) is 0 Å². The van der Waals surface area contributed by atoms with Gasteiger partial charge >= 0.3 is 6.01 Å². The summed E-state index contributed by atoms with van der Waals surface area (Å²) in [6, 6.07) is 16.3. The maximum absolute atomic E-state index is 12.8. The number of carbonyl (C=O) groups excluding carboxylic acids is 1. The van der Waals surface area contributed by atoms with Gasteiger partial charge in [-0.2, -0.15) is 0 Å². The molecule has 28 heavy (non-hydrogen) atoms. The molecule has 1 atom stereocenters. The van der Waals surface area contributed by atoms with Crippen molar-refractivity contribution in [1.29, 1.82) is 0 Å². The van der Waals surface area contributed by atoms with Crippen molar-refractivity contribution in [3.63, 3.8) is 0 Å². The lowest BCUT2D eigenvalue weighted by Crippen LogP contribution is -2.30. The first-order chi connectivity index (χ1) is 13.7. The number of aromatic nitrogens is 2. The number of anilines is 1. The van der Waals surface area contributed by atoms with Gasteiger partial charge in [-0.1, -0.05) is 47.0 Å². The summed E-state index contributed by atoms with van der Waals surface area (Å²) in [5.41, 5.74) is 1.39. The highest BCUT2D eigenvalue weighted by atomic mass is 35.5. The summed E-state index contributed by atoms with van der Waals surface area (Å²) in [6.07, 6.45) is 3.46. The molecule has 0 spiro atoms. The van der Waals surface area contributed by atoms with Crippen LogP contribution in [0.5, 0.6) is 0 Å². The second kappa shape index (κ2) is 8.44. The summed E-state index contributed by atoms with van der Waals surface area (Å²) in [7, 11) is 0. The standard InChI is InChI=1S/C21H21ClN4O2/c22-17-11-9-16(10-12-17)19(27)23-18(15-7-3-1-4-8-15)20-24-25-21(28-20)26-13-5-2-6-14-26/h1,3-4,7-12,18H,2,5-6,13-14H2,(H,23,27). The van der Waals surface area contributed by atoms with Crippen LogP contribution < -0.4 is 10.2 Å². The van der Waals surface area contributed by atoms with E-state index < -0.39 is 6.04 Å². The largest absolute Gasteiger partial charge is 0.405 e. The molecule has 1 fully saturated rings. The normalized spacial score (nSPS) is 15.2. The fraction of sp³-hybridized carbons (Fsp3) is 0.286. The highest BCUT2D eigenvalue weighted by Crippen LogP contribution is 2.25. The van der Waals surface area contributed by atoms with Gasteiger partial charge in [0, 0.05) is 23.7 Å². The van der Waals surface area contributed by atoms with Crippen molar-refractivity contribution in [2.24, 2.45) is 0 Å².